The standard InChI is InChI=1S/C18H21BrN4O3/c1-25-17-13-20-12-16(21-17)22-6-8-23(9-7-22)18(24)5-10-26-15-4-2-3-14(19)11-15/h2-4,11-13H,5-10H2,1H3. The lowest BCUT2D eigenvalue weighted by atomic mass is 10.3. The van der Waals surface area contributed by atoms with Crippen molar-refractivity contribution in [1.29, 1.82) is 0 Å². The van der Waals surface area contributed by atoms with E-state index in [0.717, 1.165) is 29.1 Å². The number of nitrogens with zero attached hydrogens (tertiary/aromatic N) is 4. The minimum atomic E-state index is 0.108. The van der Waals surface area contributed by atoms with Crippen LogP contribution in [-0.2, 0) is 4.79 Å². The Kier molecular flexibility index (Phi) is 6.27. The summed E-state index contributed by atoms with van der Waals surface area (Å²) in [5.41, 5.74) is 0. The number of rotatable bonds is 6. The highest BCUT2D eigenvalue weighted by Gasteiger charge is 2.22. The SMILES string of the molecule is COc1cncc(N2CCN(C(=O)CCOc3cccc(Br)c3)CC2)n1. The van der Waals surface area contributed by atoms with E-state index in [1.165, 1.54) is 0 Å². The Morgan fingerprint density at radius 1 is 1.23 bits per heavy atom. The summed E-state index contributed by atoms with van der Waals surface area (Å²) in [6.07, 6.45) is 3.66. The molecule has 1 aromatic heterocycles. The summed E-state index contributed by atoms with van der Waals surface area (Å²) >= 11 is 3.40. The van der Waals surface area contributed by atoms with E-state index < -0.39 is 0 Å². The van der Waals surface area contributed by atoms with Crippen molar-refractivity contribution < 1.29 is 14.3 Å². The number of methoxy groups -OCH3 is 1. The molecule has 1 saturated heterocycles. The lowest BCUT2D eigenvalue weighted by Gasteiger charge is -2.35. The first-order valence-electron chi connectivity index (χ1n) is 8.43. The molecule has 0 atom stereocenters. The predicted molar refractivity (Wildman–Crippen MR) is 102 cm³/mol. The molecule has 138 valence electrons. The summed E-state index contributed by atoms with van der Waals surface area (Å²) in [7, 11) is 1.57. The van der Waals surface area contributed by atoms with Crippen LogP contribution in [0.25, 0.3) is 0 Å². The first-order chi connectivity index (χ1) is 12.7. The third-order valence-corrected chi connectivity index (χ3v) is 4.64. The highest BCUT2D eigenvalue weighted by molar-refractivity contribution is 9.10. The number of amides is 1. The number of carbonyl (C=O) groups is 1. The van der Waals surface area contributed by atoms with E-state index in [1.54, 1.807) is 19.5 Å². The van der Waals surface area contributed by atoms with Gasteiger partial charge in [0.1, 0.15) is 5.75 Å². The van der Waals surface area contributed by atoms with Crippen molar-refractivity contribution in [3.05, 3.63) is 41.1 Å². The van der Waals surface area contributed by atoms with Gasteiger partial charge in [0.2, 0.25) is 11.8 Å². The van der Waals surface area contributed by atoms with E-state index in [-0.39, 0.29) is 5.91 Å². The van der Waals surface area contributed by atoms with E-state index in [1.807, 2.05) is 29.2 Å². The van der Waals surface area contributed by atoms with Gasteiger partial charge in [0.05, 0.1) is 32.5 Å². The largest absolute Gasteiger partial charge is 0.493 e. The lowest BCUT2D eigenvalue weighted by Crippen LogP contribution is -2.49. The minimum Gasteiger partial charge on any atom is -0.493 e. The predicted octanol–water partition coefficient (Wildman–Crippen LogP) is 2.37. The molecule has 0 unspecified atom stereocenters. The van der Waals surface area contributed by atoms with Gasteiger partial charge < -0.3 is 19.3 Å². The van der Waals surface area contributed by atoms with E-state index in [2.05, 4.69) is 30.8 Å². The number of hydrogen-bond acceptors (Lipinski definition) is 6. The fraction of sp³-hybridized carbons (Fsp3) is 0.389. The quantitative estimate of drug-likeness (QED) is 0.714. The minimum absolute atomic E-state index is 0.108. The second-order valence-electron chi connectivity index (χ2n) is 5.84. The molecule has 1 fully saturated rings. The molecular weight excluding hydrogens is 400 g/mol. The zero-order valence-corrected chi connectivity index (χ0v) is 16.2. The first-order valence-corrected chi connectivity index (χ1v) is 9.22. The topological polar surface area (TPSA) is 67.8 Å². The van der Waals surface area contributed by atoms with Crippen LogP contribution in [0.15, 0.2) is 41.1 Å². The van der Waals surface area contributed by atoms with Crippen molar-refractivity contribution in [2.24, 2.45) is 0 Å². The van der Waals surface area contributed by atoms with Crippen LogP contribution in [0.2, 0.25) is 0 Å². The van der Waals surface area contributed by atoms with Crippen LogP contribution in [0.1, 0.15) is 6.42 Å². The maximum Gasteiger partial charge on any atom is 0.233 e. The first kappa shape index (κ1) is 18.4. The average molecular weight is 421 g/mol. The van der Waals surface area contributed by atoms with Crippen LogP contribution < -0.4 is 14.4 Å². The van der Waals surface area contributed by atoms with Crippen molar-refractivity contribution in [1.82, 2.24) is 14.9 Å². The van der Waals surface area contributed by atoms with Gasteiger partial charge in [0.15, 0.2) is 5.82 Å². The molecule has 1 aliphatic heterocycles. The molecule has 1 aromatic carbocycles. The maximum atomic E-state index is 12.4. The number of carbonyl (C=O) groups excluding carboxylic acids is 1. The fourth-order valence-electron chi connectivity index (χ4n) is 2.75. The normalized spacial score (nSPS) is 14.2. The molecule has 0 spiro atoms. The van der Waals surface area contributed by atoms with Crippen molar-refractivity contribution >= 4 is 27.7 Å². The van der Waals surface area contributed by atoms with Gasteiger partial charge in [0.25, 0.3) is 0 Å². The zero-order valence-electron chi connectivity index (χ0n) is 14.6. The number of benzene rings is 1. The molecule has 26 heavy (non-hydrogen) atoms. The summed E-state index contributed by atoms with van der Waals surface area (Å²) in [5.74, 6) is 2.13. The number of ether oxygens (including phenoxy) is 2. The summed E-state index contributed by atoms with van der Waals surface area (Å²) in [6, 6.07) is 7.60. The van der Waals surface area contributed by atoms with Crippen molar-refractivity contribution in [3.8, 4) is 11.6 Å². The molecule has 7 nitrogen and oxygen atoms in total. The molecule has 0 aliphatic carbocycles. The fourth-order valence-corrected chi connectivity index (χ4v) is 3.12. The third-order valence-electron chi connectivity index (χ3n) is 4.15. The highest BCUT2D eigenvalue weighted by atomic mass is 79.9. The Morgan fingerprint density at radius 2 is 2.04 bits per heavy atom. The molecule has 0 bridgehead atoms. The molecule has 2 heterocycles. The van der Waals surface area contributed by atoms with Gasteiger partial charge in [-0.1, -0.05) is 22.0 Å². The van der Waals surface area contributed by atoms with Gasteiger partial charge in [-0.25, -0.2) is 0 Å². The monoisotopic (exact) mass is 420 g/mol. The Labute approximate surface area is 161 Å². The number of anilines is 1. The molecule has 8 heteroatoms. The molecule has 2 aromatic rings. The Hall–Kier alpha value is -2.35. The van der Waals surface area contributed by atoms with Gasteiger partial charge in [0, 0.05) is 30.7 Å². The van der Waals surface area contributed by atoms with Gasteiger partial charge >= 0.3 is 0 Å². The molecular formula is C18H21BrN4O3. The van der Waals surface area contributed by atoms with Gasteiger partial charge in [-0.15, -0.1) is 0 Å². The number of hydrogen-bond donors (Lipinski definition) is 0. The molecule has 0 N–H and O–H groups in total. The average Bonchev–Trinajstić information content (AvgIpc) is 2.68. The van der Waals surface area contributed by atoms with Crippen LogP contribution in [-0.4, -0.2) is 60.7 Å². The summed E-state index contributed by atoms with van der Waals surface area (Å²) in [6.45, 7) is 3.14. The van der Waals surface area contributed by atoms with E-state index in [4.69, 9.17) is 9.47 Å². The lowest BCUT2D eigenvalue weighted by molar-refractivity contribution is -0.132. The van der Waals surface area contributed by atoms with Gasteiger partial charge in [-0.05, 0) is 18.2 Å². The third kappa shape index (κ3) is 4.85. The van der Waals surface area contributed by atoms with Crippen molar-refractivity contribution in [2.75, 3.05) is 44.8 Å². The van der Waals surface area contributed by atoms with Crippen LogP contribution in [0.3, 0.4) is 0 Å². The molecule has 3 rings (SSSR count). The molecule has 1 amide bonds. The molecule has 0 saturated carbocycles. The molecule has 1 aliphatic rings. The van der Waals surface area contributed by atoms with Gasteiger partial charge in [-0.3, -0.25) is 9.78 Å². The van der Waals surface area contributed by atoms with E-state index in [0.29, 0.717) is 32.0 Å². The number of aromatic nitrogens is 2. The maximum absolute atomic E-state index is 12.4. The van der Waals surface area contributed by atoms with E-state index in [9.17, 15) is 4.79 Å². The van der Waals surface area contributed by atoms with Crippen LogP contribution in [0.5, 0.6) is 11.6 Å². The highest BCUT2D eigenvalue weighted by Crippen LogP contribution is 2.18. The van der Waals surface area contributed by atoms with Crippen molar-refractivity contribution in [3.63, 3.8) is 0 Å². The molecule has 0 radical (unpaired) electrons. The van der Waals surface area contributed by atoms with Crippen LogP contribution in [0, 0.1) is 0 Å². The van der Waals surface area contributed by atoms with Gasteiger partial charge in [-0.2, -0.15) is 4.98 Å². The Morgan fingerprint density at radius 3 is 2.77 bits per heavy atom. The summed E-state index contributed by atoms with van der Waals surface area (Å²) in [4.78, 5) is 24.9. The number of halogens is 1. The Balaban J connectivity index is 1.44. The summed E-state index contributed by atoms with van der Waals surface area (Å²) in [5, 5.41) is 0. The van der Waals surface area contributed by atoms with E-state index >= 15 is 0 Å². The van der Waals surface area contributed by atoms with Crippen LogP contribution in [0.4, 0.5) is 5.82 Å². The second-order valence-corrected chi connectivity index (χ2v) is 6.76. The number of piperazine rings is 1. The Bertz CT molecular complexity index is 751. The smallest absolute Gasteiger partial charge is 0.233 e. The zero-order chi connectivity index (χ0) is 18.4. The summed E-state index contributed by atoms with van der Waals surface area (Å²) < 4.78 is 11.7. The van der Waals surface area contributed by atoms with Crippen molar-refractivity contribution in [2.45, 2.75) is 6.42 Å². The second kappa shape index (κ2) is 8.84. The van der Waals surface area contributed by atoms with Crippen LogP contribution >= 0.6 is 15.9 Å².